The number of halogens is 3. The summed E-state index contributed by atoms with van der Waals surface area (Å²) in [6, 6.07) is 8.90. The van der Waals surface area contributed by atoms with Crippen LogP contribution in [0.1, 0.15) is 40.6 Å². The van der Waals surface area contributed by atoms with Crippen LogP contribution in [0, 0.1) is 25.5 Å². The zero-order valence-electron chi connectivity index (χ0n) is 20.2. The molecule has 10 heteroatoms. The van der Waals surface area contributed by atoms with E-state index in [1.165, 1.54) is 35.0 Å². The first-order valence-corrected chi connectivity index (χ1v) is 13.7. The zero-order chi connectivity index (χ0) is 26.6. The molecule has 1 aliphatic rings. The molecule has 3 heterocycles. The van der Waals surface area contributed by atoms with Gasteiger partial charge in [-0.1, -0.05) is 17.7 Å². The maximum absolute atomic E-state index is 15.1. The highest BCUT2D eigenvalue weighted by Gasteiger charge is 2.42. The normalized spacial score (nSPS) is 17.1. The number of aryl methyl sites for hydroxylation is 2. The Labute approximate surface area is 217 Å². The average Bonchev–Trinajstić information content (AvgIpc) is 3.63. The number of pyridine rings is 3. The lowest BCUT2D eigenvalue weighted by molar-refractivity contribution is 0.572. The lowest BCUT2D eigenvalue weighted by atomic mass is 10.0. The molecule has 4 aromatic rings. The molecule has 1 fully saturated rings. The molecule has 3 aromatic heterocycles. The highest BCUT2D eigenvalue weighted by Crippen LogP contribution is 2.55. The molecule has 6 nitrogen and oxygen atoms in total. The molecule has 0 spiro atoms. The average molecular weight is 542 g/mol. The second-order valence-electron chi connectivity index (χ2n) is 9.33. The topological polar surface area (TPSA) is 81.9 Å². The number of aromatic nitrogens is 3. The SMILES string of the molecule is Cc1cnc(-c2cccc(S(C)(=O)=O)c2F)cc1-n1c(C)cc([C@@H]2CC2c2cncc(F)c2)c(Cl)c1=O. The van der Waals surface area contributed by atoms with Crippen LogP contribution in [0.3, 0.4) is 0 Å². The Bertz CT molecular complexity index is 1740. The summed E-state index contributed by atoms with van der Waals surface area (Å²) < 4.78 is 54.2. The number of sulfone groups is 1. The van der Waals surface area contributed by atoms with Gasteiger partial charge in [-0.2, -0.15) is 0 Å². The van der Waals surface area contributed by atoms with Crippen LogP contribution in [0.2, 0.25) is 5.02 Å². The van der Waals surface area contributed by atoms with Gasteiger partial charge in [-0.3, -0.25) is 19.3 Å². The Morgan fingerprint density at radius 2 is 1.81 bits per heavy atom. The van der Waals surface area contributed by atoms with Gasteiger partial charge in [-0.15, -0.1) is 0 Å². The van der Waals surface area contributed by atoms with Crippen LogP contribution in [0.25, 0.3) is 16.9 Å². The number of hydrogen-bond acceptors (Lipinski definition) is 5. The molecule has 1 unspecified atom stereocenters. The number of rotatable bonds is 5. The summed E-state index contributed by atoms with van der Waals surface area (Å²) in [5, 5.41) is 0.0606. The van der Waals surface area contributed by atoms with E-state index >= 15 is 4.39 Å². The number of nitrogens with zero attached hydrogens (tertiary/aromatic N) is 3. The molecule has 0 N–H and O–H groups in total. The van der Waals surface area contributed by atoms with Gasteiger partial charge >= 0.3 is 0 Å². The molecule has 37 heavy (non-hydrogen) atoms. The summed E-state index contributed by atoms with van der Waals surface area (Å²) in [6.07, 6.45) is 5.93. The molecule has 0 saturated heterocycles. The fourth-order valence-corrected chi connectivity index (χ4v) is 5.78. The van der Waals surface area contributed by atoms with E-state index in [2.05, 4.69) is 9.97 Å². The van der Waals surface area contributed by atoms with E-state index in [4.69, 9.17) is 11.6 Å². The van der Waals surface area contributed by atoms with Gasteiger partial charge in [0.05, 0.1) is 17.6 Å². The standard InChI is InChI=1S/C27H22ClF2N3O3S/c1-14-11-32-22(18-5-4-6-24(26(18)30)37(3,35)36)10-23(14)33-15(2)7-21(25(28)27(33)34)20-9-19(20)16-8-17(29)13-31-12-16/h4-8,10-13,19-20H,9H2,1-3H3/t19?,20-/m1/s1. The summed E-state index contributed by atoms with van der Waals surface area (Å²) in [4.78, 5) is 21.2. The van der Waals surface area contributed by atoms with Crippen LogP contribution in [-0.2, 0) is 9.84 Å². The third-order valence-electron chi connectivity index (χ3n) is 6.66. The summed E-state index contributed by atoms with van der Waals surface area (Å²) in [6.45, 7) is 3.53. The van der Waals surface area contributed by atoms with Crippen LogP contribution in [0.5, 0.6) is 0 Å². The van der Waals surface area contributed by atoms with E-state index in [-0.39, 0.29) is 28.1 Å². The Morgan fingerprint density at radius 1 is 1.05 bits per heavy atom. The lowest BCUT2D eigenvalue weighted by Gasteiger charge is -2.17. The van der Waals surface area contributed by atoms with Gasteiger partial charge in [-0.05, 0) is 79.1 Å². The van der Waals surface area contributed by atoms with Gasteiger partial charge in [-0.25, -0.2) is 17.2 Å². The van der Waals surface area contributed by atoms with E-state index in [9.17, 15) is 17.6 Å². The first kappa shape index (κ1) is 25.2. The maximum atomic E-state index is 15.1. The fourth-order valence-electron chi connectivity index (χ4n) is 4.74. The molecule has 1 aliphatic carbocycles. The Balaban J connectivity index is 1.58. The van der Waals surface area contributed by atoms with Crippen LogP contribution in [0.4, 0.5) is 8.78 Å². The minimum Gasteiger partial charge on any atom is -0.280 e. The molecule has 5 rings (SSSR count). The zero-order valence-corrected chi connectivity index (χ0v) is 21.7. The summed E-state index contributed by atoms with van der Waals surface area (Å²) >= 11 is 6.58. The summed E-state index contributed by atoms with van der Waals surface area (Å²) in [7, 11) is -3.79. The highest BCUT2D eigenvalue weighted by molar-refractivity contribution is 7.90. The van der Waals surface area contributed by atoms with Gasteiger partial charge in [0.25, 0.3) is 5.56 Å². The van der Waals surface area contributed by atoms with Gasteiger partial charge < -0.3 is 0 Å². The summed E-state index contributed by atoms with van der Waals surface area (Å²) in [5.41, 5.74) is 2.89. The second-order valence-corrected chi connectivity index (χ2v) is 11.7. The molecular formula is C27H22ClF2N3O3S. The van der Waals surface area contributed by atoms with Crippen molar-refractivity contribution in [3.63, 3.8) is 0 Å². The van der Waals surface area contributed by atoms with Crippen LogP contribution < -0.4 is 5.56 Å². The summed E-state index contributed by atoms with van der Waals surface area (Å²) in [5.74, 6) is -1.33. The van der Waals surface area contributed by atoms with Crippen LogP contribution in [0.15, 0.2) is 64.7 Å². The van der Waals surface area contributed by atoms with Gasteiger partial charge in [0.1, 0.15) is 15.7 Å². The Kier molecular flexibility index (Phi) is 6.24. The first-order valence-electron chi connectivity index (χ1n) is 11.5. The van der Waals surface area contributed by atoms with Crippen molar-refractivity contribution in [1.29, 1.82) is 0 Å². The fraction of sp³-hybridized carbons (Fsp3) is 0.222. The molecule has 1 saturated carbocycles. The third kappa shape index (κ3) is 4.57. The van der Waals surface area contributed by atoms with E-state index in [1.807, 2.05) is 6.07 Å². The van der Waals surface area contributed by atoms with Gasteiger partial charge in [0.2, 0.25) is 0 Å². The van der Waals surface area contributed by atoms with E-state index in [0.29, 0.717) is 22.5 Å². The maximum Gasteiger partial charge on any atom is 0.274 e. The van der Waals surface area contributed by atoms with E-state index in [1.54, 1.807) is 26.1 Å². The molecule has 1 aromatic carbocycles. The van der Waals surface area contributed by atoms with Crippen molar-refractivity contribution in [3.8, 4) is 16.9 Å². The largest absolute Gasteiger partial charge is 0.280 e. The van der Waals surface area contributed by atoms with Crippen molar-refractivity contribution in [3.05, 3.63) is 104 Å². The van der Waals surface area contributed by atoms with Crippen molar-refractivity contribution in [2.24, 2.45) is 0 Å². The minimum absolute atomic E-state index is 0.00196. The van der Waals surface area contributed by atoms with Gasteiger partial charge in [0, 0.05) is 29.9 Å². The van der Waals surface area contributed by atoms with Crippen LogP contribution in [-0.4, -0.2) is 29.2 Å². The molecule has 190 valence electrons. The molecule has 0 amide bonds. The van der Waals surface area contributed by atoms with Crippen molar-refractivity contribution >= 4 is 21.4 Å². The van der Waals surface area contributed by atoms with Crippen molar-refractivity contribution < 1.29 is 17.2 Å². The van der Waals surface area contributed by atoms with E-state index < -0.39 is 31.9 Å². The molecular weight excluding hydrogens is 520 g/mol. The second kappa shape index (κ2) is 9.15. The monoisotopic (exact) mass is 541 g/mol. The molecule has 2 atom stereocenters. The quantitative estimate of drug-likeness (QED) is 0.332. The van der Waals surface area contributed by atoms with Crippen LogP contribution >= 0.6 is 11.6 Å². The number of benzene rings is 1. The Morgan fingerprint density at radius 3 is 2.51 bits per heavy atom. The van der Waals surface area contributed by atoms with Gasteiger partial charge in [0.15, 0.2) is 15.7 Å². The predicted octanol–water partition coefficient (Wildman–Crippen LogP) is 5.52. The van der Waals surface area contributed by atoms with Crippen molar-refractivity contribution in [2.45, 2.75) is 37.0 Å². The van der Waals surface area contributed by atoms with Crippen molar-refractivity contribution in [2.75, 3.05) is 6.26 Å². The molecule has 0 bridgehead atoms. The Hall–Kier alpha value is -3.43. The molecule has 0 radical (unpaired) electrons. The predicted molar refractivity (Wildman–Crippen MR) is 137 cm³/mol. The van der Waals surface area contributed by atoms with Crippen molar-refractivity contribution in [1.82, 2.24) is 14.5 Å². The molecule has 0 aliphatic heterocycles. The lowest BCUT2D eigenvalue weighted by Crippen LogP contribution is -2.23. The smallest absolute Gasteiger partial charge is 0.274 e. The third-order valence-corrected chi connectivity index (χ3v) is 8.15. The minimum atomic E-state index is -3.79. The highest BCUT2D eigenvalue weighted by atomic mass is 35.5. The first-order chi connectivity index (χ1) is 17.5. The van der Waals surface area contributed by atoms with E-state index in [0.717, 1.165) is 24.4 Å². The number of hydrogen-bond donors (Lipinski definition) is 0.